The van der Waals surface area contributed by atoms with Crippen LogP contribution in [0.5, 0.6) is 11.5 Å². The zero-order chi connectivity index (χ0) is 24.5. The van der Waals surface area contributed by atoms with Gasteiger partial charge in [0.2, 0.25) is 0 Å². The first kappa shape index (κ1) is 23.8. The van der Waals surface area contributed by atoms with Gasteiger partial charge in [0.05, 0.1) is 13.2 Å². The molecule has 0 spiro atoms. The van der Waals surface area contributed by atoms with E-state index in [-0.39, 0.29) is 0 Å². The Morgan fingerprint density at radius 1 is 0.694 bits per heavy atom. The van der Waals surface area contributed by atoms with Crippen molar-refractivity contribution in [2.75, 3.05) is 26.4 Å². The molecule has 0 radical (unpaired) electrons. The van der Waals surface area contributed by atoms with Crippen molar-refractivity contribution in [3.8, 4) is 11.5 Å². The molecule has 0 amide bonds. The van der Waals surface area contributed by atoms with Crippen LogP contribution in [0.2, 0.25) is 0 Å². The third-order valence-electron chi connectivity index (χ3n) is 8.32. The first-order valence-corrected chi connectivity index (χ1v) is 13.7. The Kier molecular flexibility index (Phi) is 6.90. The SMILES string of the molecule is Cc1cc(C2=CCC(C3CC=C(c4ccc(OCC5CO5)c(C)c4)CC3)CC2)ccc1OCC1CO1. The zero-order valence-electron chi connectivity index (χ0n) is 21.6. The van der Waals surface area contributed by atoms with Crippen molar-refractivity contribution in [3.05, 3.63) is 70.8 Å². The van der Waals surface area contributed by atoms with Crippen LogP contribution in [0, 0.1) is 25.7 Å². The van der Waals surface area contributed by atoms with Crippen LogP contribution in [-0.2, 0) is 9.47 Å². The highest BCUT2D eigenvalue weighted by molar-refractivity contribution is 5.69. The lowest BCUT2D eigenvalue weighted by Gasteiger charge is -2.32. The predicted octanol–water partition coefficient (Wildman–Crippen LogP) is 6.93. The number of aryl methyl sites for hydroxylation is 2. The lowest BCUT2D eigenvalue weighted by Crippen LogP contribution is -2.19. The monoisotopic (exact) mass is 486 g/mol. The van der Waals surface area contributed by atoms with Gasteiger partial charge in [-0.3, -0.25) is 0 Å². The molecule has 2 heterocycles. The number of epoxide rings is 2. The Morgan fingerprint density at radius 2 is 1.14 bits per heavy atom. The summed E-state index contributed by atoms with van der Waals surface area (Å²) in [5.41, 5.74) is 8.16. The first-order valence-electron chi connectivity index (χ1n) is 13.7. The number of hydrogen-bond acceptors (Lipinski definition) is 4. The van der Waals surface area contributed by atoms with Crippen LogP contribution < -0.4 is 9.47 Å². The number of rotatable bonds is 9. The van der Waals surface area contributed by atoms with E-state index < -0.39 is 0 Å². The van der Waals surface area contributed by atoms with Gasteiger partial charge < -0.3 is 18.9 Å². The van der Waals surface area contributed by atoms with E-state index >= 15 is 0 Å². The fourth-order valence-corrected chi connectivity index (χ4v) is 5.81. The fraction of sp³-hybridized carbons (Fsp3) is 0.500. The van der Waals surface area contributed by atoms with Gasteiger partial charge in [0.1, 0.15) is 36.9 Å². The maximum Gasteiger partial charge on any atom is 0.122 e. The van der Waals surface area contributed by atoms with Gasteiger partial charge in [-0.15, -0.1) is 0 Å². The summed E-state index contributed by atoms with van der Waals surface area (Å²) >= 11 is 0. The Bertz CT molecular complexity index is 1060. The van der Waals surface area contributed by atoms with Crippen LogP contribution in [0.25, 0.3) is 11.1 Å². The minimum absolute atomic E-state index is 0.296. The van der Waals surface area contributed by atoms with E-state index in [0.717, 1.165) is 36.5 Å². The summed E-state index contributed by atoms with van der Waals surface area (Å²) < 4.78 is 22.3. The van der Waals surface area contributed by atoms with E-state index in [9.17, 15) is 0 Å². The summed E-state index contributed by atoms with van der Waals surface area (Å²) in [5, 5.41) is 0. The Hall–Kier alpha value is -2.56. The number of allylic oxidation sites excluding steroid dienone is 4. The third-order valence-corrected chi connectivity index (χ3v) is 8.32. The van der Waals surface area contributed by atoms with Gasteiger partial charge in [0.25, 0.3) is 0 Å². The van der Waals surface area contributed by atoms with Crippen molar-refractivity contribution >= 4 is 11.1 Å². The molecule has 4 heteroatoms. The molecule has 190 valence electrons. The largest absolute Gasteiger partial charge is 0.491 e. The van der Waals surface area contributed by atoms with Crippen molar-refractivity contribution in [1.29, 1.82) is 0 Å². The van der Waals surface area contributed by atoms with Gasteiger partial charge in [-0.2, -0.15) is 0 Å². The second-order valence-corrected chi connectivity index (χ2v) is 11.0. The molecule has 0 bridgehead atoms. The van der Waals surface area contributed by atoms with E-state index in [1.54, 1.807) is 0 Å². The Balaban J connectivity index is 1.03. The van der Waals surface area contributed by atoms with E-state index in [4.69, 9.17) is 18.9 Å². The van der Waals surface area contributed by atoms with Gasteiger partial charge in [-0.05, 0) is 122 Å². The molecule has 4 nitrogen and oxygen atoms in total. The molecular formula is C32H38O4. The average molecular weight is 487 g/mol. The fourth-order valence-electron chi connectivity index (χ4n) is 5.81. The molecule has 36 heavy (non-hydrogen) atoms. The highest BCUT2D eigenvalue weighted by atomic mass is 16.6. The Morgan fingerprint density at radius 3 is 1.47 bits per heavy atom. The molecular weight excluding hydrogens is 448 g/mol. The van der Waals surface area contributed by atoms with Crippen LogP contribution in [0.4, 0.5) is 0 Å². The molecule has 2 saturated heterocycles. The first-order chi connectivity index (χ1) is 17.6. The van der Waals surface area contributed by atoms with Crippen molar-refractivity contribution in [1.82, 2.24) is 0 Å². The number of benzene rings is 2. The molecule has 0 N–H and O–H groups in total. The lowest BCUT2D eigenvalue weighted by atomic mass is 9.73. The van der Waals surface area contributed by atoms with Gasteiger partial charge in [-0.25, -0.2) is 0 Å². The van der Waals surface area contributed by atoms with Crippen molar-refractivity contribution in [3.63, 3.8) is 0 Å². The zero-order valence-corrected chi connectivity index (χ0v) is 21.6. The van der Waals surface area contributed by atoms with Crippen LogP contribution >= 0.6 is 0 Å². The maximum absolute atomic E-state index is 5.91. The summed E-state index contributed by atoms with van der Waals surface area (Å²) in [6.45, 7) is 7.30. The van der Waals surface area contributed by atoms with Gasteiger partial charge in [0, 0.05) is 0 Å². The lowest BCUT2D eigenvalue weighted by molar-refractivity contribution is 0.261. The van der Waals surface area contributed by atoms with Crippen molar-refractivity contribution in [2.24, 2.45) is 11.8 Å². The molecule has 4 aliphatic rings. The summed E-state index contributed by atoms with van der Waals surface area (Å²) in [7, 11) is 0. The van der Waals surface area contributed by atoms with Gasteiger partial charge in [0.15, 0.2) is 0 Å². The molecule has 2 aliphatic carbocycles. The minimum atomic E-state index is 0.296. The normalized spacial score (nSPS) is 27.2. The van der Waals surface area contributed by atoms with E-state index in [1.807, 2.05) is 0 Å². The van der Waals surface area contributed by atoms with Crippen LogP contribution in [-0.4, -0.2) is 38.6 Å². The molecule has 0 aromatic heterocycles. The quantitative estimate of drug-likeness (QED) is 0.361. The second-order valence-electron chi connectivity index (χ2n) is 11.0. The molecule has 2 aliphatic heterocycles. The van der Waals surface area contributed by atoms with E-state index in [1.165, 1.54) is 71.9 Å². The third kappa shape index (κ3) is 5.71. The van der Waals surface area contributed by atoms with E-state index in [2.05, 4.69) is 62.4 Å². The smallest absolute Gasteiger partial charge is 0.122 e. The van der Waals surface area contributed by atoms with Crippen LogP contribution in [0.3, 0.4) is 0 Å². The summed E-state index contributed by atoms with van der Waals surface area (Å²) in [6.07, 6.45) is 13.0. The topological polar surface area (TPSA) is 43.5 Å². The molecule has 6 rings (SSSR count). The minimum Gasteiger partial charge on any atom is -0.491 e. The standard InChI is InChI=1S/C32H38O4/c1-21-15-27(11-13-31(21)35-19-29-17-33-29)25-7-3-23(4-8-25)24-5-9-26(10-6-24)28-12-14-32(22(2)16-28)36-20-30-18-34-30/h7,9,11-16,23-24,29-30H,3-6,8,10,17-20H2,1-2H3. The second kappa shape index (κ2) is 10.4. The van der Waals surface area contributed by atoms with Gasteiger partial charge in [-0.1, -0.05) is 24.3 Å². The molecule has 4 unspecified atom stereocenters. The number of ether oxygens (including phenoxy) is 4. The molecule has 0 saturated carbocycles. The molecule has 4 atom stereocenters. The average Bonchev–Trinajstić information content (AvgIpc) is 3.83. The molecule has 2 aromatic rings. The van der Waals surface area contributed by atoms with Crippen LogP contribution in [0.1, 0.15) is 60.8 Å². The highest BCUT2D eigenvalue weighted by Gasteiger charge is 2.27. The van der Waals surface area contributed by atoms with Crippen LogP contribution in [0.15, 0.2) is 48.6 Å². The maximum atomic E-state index is 5.91. The predicted molar refractivity (Wildman–Crippen MR) is 143 cm³/mol. The van der Waals surface area contributed by atoms with Crippen molar-refractivity contribution in [2.45, 2.75) is 64.6 Å². The Labute approximate surface area is 215 Å². The number of hydrogen-bond donors (Lipinski definition) is 0. The highest BCUT2D eigenvalue weighted by Crippen LogP contribution is 2.42. The van der Waals surface area contributed by atoms with Gasteiger partial charge >= 0.3 is 0 Å². The summed E-state index contributed by atoms with van der Waals surface area (Å²) in [5.74, 6) is 3.57. The molecule has 2 aromatic carbocycles. The van der Waals surface area contributed by atoms with E-state index in [0.29, 0.717) is 25.4 Å². The summed E-state index contributed by atoms with van der Waals surface area (Å²) in [4.78, 5) is 0. The molecule has 2 fully saturated rings. The van der Waals surface area contributed by atoms with Crippen molar-refractivity contribution < 1.29 is 18.9 Å². The summed E-state index contributed by atoms with van der Waals surface area (Å²) in [6, 6.07) is 13.3.